The normalized spacial score (nSPS) is 17.2. The summed E-state index contributed by atoms with van der Waals surface area (Å²) in [4.78, 5) is 0.433. The minimum atomic E-state index is -3.42. The summed E-state index contributed by atoms with van der Waals surface area (Å²) in [5.74, 6) is 0.427. The first kappa shape index (κ1) is 15.5. The molecule has 1 saturated heterocycles. The highest BCUT2D eigenvalue weighted by Gasteiger charge is 2.30. The van der Waals surface area contributed by atoms with E-state index in [0.29, 0.717) is 17.4 Å². The zero-order chi connectivity index (χ0) is 15.0. The molecule has 20 heavy (non-hydrogen) atoms. The largest absolute Gasteiger partial charge is 0.316 e. The van der Waals surface area contributed by atoms with Crippen molar-refractivity contribution >= 4 is 10.0 Å². The summed E-state index contributed by atoms with van der Waals surface area (Å²) in [5, 5.41) is 3.17. The smallest absolute Gasteiger partial charge is 0.243 e. The van der Waals surface area contributed by atoms with Gasteiger partial charge in [-0.25, -0.2) is 12.7 Å². The Morgan fingerprint density at radius 3 is 2.35 bits per heavy atom. The van der Waals surface area contributed by atoms with Crippen LogP contribution in [0.2, 0.25) is 0 Å². The number of benzene rings is 1. The summed E-state index contributed by atoms with van der Waals surface area (Å²) in [7, 11) is -1.74. The summed E-state index contributed by atoms with van der Waals surface area (Å²) in [6, 6.07) is 7.31. The van der Waals surface area contributed by atoms with Crippen LogP contribution in [0.1, 0.15) is 26.3 Å². The van der Waals surface area contributed by atoms with Crippen molar-refractivity contribution in [3.05, 3.63) is 29.8 Å². The maximum Gasteiger partial charge on any atom is 0.243 e. The molecule has 0 atom stereocenters. The Balaban J connectivity index is 2.33. The molecule has 1 fully saturated rings. The highest BCUT2D eigenvalue weighted by Crippen LogP contribution is 2.30. The zero-order valence-electron chi connectivity index (χ0n) is 12.7. The fraction of sp³-hybridized carbons (Fsp3) is 0.600. The van der Waals surface area contributed by atoms with Crippen LogP contribution in [0, 0.1) is 5.92 Å². The lowest BCUT2D eigenvalue weighted by molar-refractivity contribution is 0.288. The van der Waals surface area contributed by atoms with Crippen LogP contribution in [-0.4, -0.2) is 39.4 Å². The number of nitrogens with one attached hydrogen (secondary N) is 1. The molecule has 0 amide bonds. The van der Waals surface area contributed by atoms with Gasteiger partial charge in [0.05, 0.1) is 4.90 Å². The Hall–Kier alpha value is -0.910. The van der Waals surface area contributed by atoms with Crippen molar-refractivity contribution in [2.45, 2.75) is 31.1 Å². The van der Waals surface area contributed by atoms with Gasteiger partial charge in [-0.05, 0) is 23.0 Å². The van der Waals surface area contributed by atoms with E-state index in [1.165, 1.54) is 4.31 Å². The molecular formula is C15H24N2O2S. The lowest BCUT2D eigenvalue weighted by atomic mass is 9.87. The highest BCUT2D eigenvalue weighted by atomic mass is 32.2. The van der Waals surface area contributed by atoms with Crippen LogP contribution in [0.5, 0.6) is 0 Å². The third-order valence-corrected chi connectivity index (χ3v) is 5.65. The van der Waals surface area contributed by atoms with E-state index in [0.717, 1.165) is 18.7 Å². The molecule has 0 radical (unpaired) electrons. The van der Waals surface area contributed by atoms with Gasteiger partial charge in [0.2, 0.25) is 10.0 Å². The average molecular weight is 296 g/mol. The first-order valence-electron chi connectivity index (χ1n) is 6.99. The summed E-state index contributed by atoms with van der Waals surface area (Å²) in [6.45, 7) is 8.50. The summed E-state index contributed by atoms with van der Waals surface area (Å²) in [6.07, 6.45) is 0. The second-order valence-electron chi connectivity index (χ2n) is 6.56. The molecule has 0 aliphatic carbocycles. The highest BCUT2D eigenvalue weighted by molar-refractivity contribution is 7.89. The molecule has 0 aromatic heterocycles. The van der Waals surface area contributed by atoms with E-state index >= 15 is 0 Å². The molecule has 0 spiro atoms. The molecule has 1 aliphatic heterocycles. The molecule has 112 valence electrons. The number of sulfonamides is 1. The molecule has 0 saturated carbocycles. The SMILES string of the molecule is CN(CC1CNC1)S(=O)(=O)c1ccccc1C(C)(C)C. The molecule has 0 unspecified atom stereocenters. The van der Waals surface area contributed by atoms with E-state index in [9.17, 15) is 8.42 Å². The molecule has 4 nitrogen and oxygen atoms in total. The van der Waals surface area contributed by atoms with Gasteiger partial charge in [0.15, 0.2) is 0 Å². The molecule has 1 aromatic carbocycles. The fourth-order valence-corrected chi connectivity index (χ4v) is 4.06. The quantitative estimate of drug-likeness (QED) is 0.922. The van der Waals surface area contributed by atoms with Gasteiger partial charge < -0.3 is 5.32 Å². The minimum Gasteiger partial charge on any atom is -0.316 e. The number of nitrogens with zero attached hydrogens (tertiary/aromatic N) is 1. The Kier molecular flexibility index (Phi) is 4.23. The van der Waals surface area contributed by atoms with E-state index in [4.69, 9.17) is 0 Å². The summed E-state index contributed by atoms with van der Waals surface area (Å²) >= 11 is 0. The van der Waals surface area contributed by atoms with Crippen LogP contribution in [0.3, 0.4) is 0 Å². The van der Waals surface area contributed by atoms with Gasteiger partial charge in [-0.1, -0.05) is 39.0 Å². The lowest BCUT2D eigenvalue weighted by Crippen LogP contribution is -2.48. The topological polar surface area (TPSA) is 49.4 Å². The molecule has 1 aromatic rings. The van der Waals surface area contributed by atoms with Gasteiger partial charge in [-0.15, -0.1) is 0 Å². The number of hydrogen-bond acceptors (Lipinski definition) is 3. The molecule has 1 heterocycles. The van der Waals surface area contributed by atoms with Gasteiger partial charge in [0.1, 0.15) is 0 Å². The van der Waals surface area contributed by atoms with Crippen molar-refractivity contribution in [3.63, 3.8) is 0 Å². The third kappa shape index (κ3) is 3.05. The second-order valence-corrected chi connectivity index (χ2v) is 8.57. The Morgan fingerprint density at radius 2 is 1.85 bits per heavy atom. The fourth-order valence-electron chi connectivity index (χ4n) is 2.42. The first-order valence-corrected chi connectivity index (χ1v) is 8.43. The van der Waals surface area contributed by atoms with Crippen molar-refractivity contribution in [2.24, 2.45) is 5.92 Å². The molecule has 0 bridgehead atoms. The number of hydrogen-bond donors (Lipinski definition) is 1. The Labute approximate surface area is 122 Å². The monoisotopic (exact) mass is 296 g/mol. The van der Waals surface area contributed by atoms with Crippen molar-refractivity contribution in [2.75, 3.05) is 26.7 Å². The standard InChI is InChI=1S/C15H24N2O2S/c1-15(2,3)13-7-5-6-8-14(13)20(18,19)17(4)11-12-9-16-10-12/h5-8,12,16H,9-11H2,1-4H3. The van der Waals surface area contributed by atoms with Crippen LogP contribution in [-0.2, 0) is 15.4 Å². The van der Waals surface area contributed by atoms with E-state index in [-0.39, 0.29) is 5.41 Å². The first-order chi connectivity index (χ1) is 9.23. The Bertz CT molecular complexity index is 572. The Morgan fingerprint density at radius 1 is 1.25 bits per heavy atom. The van der Waals surface area contributed by atoms with Crippen molar-refractivity contribution in [3.8, 4) is 0 Å². The van der Waals surface area contributed by atoms with Gasteiger partial charge in [0, 0.05) is 26.7 Å². The van der Waals surface area contributed by atoms with Gasteiger partial charge in [-0.3, -0.25) is 0 Å². The molecule has 5 heteroatoms. The zero-order valence-corrected chi connectivity index (χ0v) is 13.5. The number of rotatable bonds is 4. The molecular weight excluding hydrogens is 272 g/mol. The molecule has 2 rings (SSSR count). The molecule has 1 aliphatic rings. The van der Waals surface area contributed by atoms with Crippen LogP contribution in [0.25, 0.3) is 0 Å². The average Bonchev–Trinajstić information content (AvgIpc) is 2.32. The van der Waals surface area contributed by atoms with Crippen LogP contribution >= 0.6 is 0 Å². The van der Waals surface area contributed by atoms with E-state index in [1.54, 1.807) is 19.2 Å². The van der Waals surface area contributed by atoms with Gasteiger partial charge in [-0.2, -0.15) is 0 Å². The van der Waals surface area contributed by atoms with Gasteiger partial charge in [0.25, 0.3) is 0 Å². The van der Waals surface area contributed by atoms with Crippen molar-refractivity contribution < 1.29 is 8.42 Å². The van der Waals surface area contributed by atoms with E-state index in [2.05, 4.69) is 5.32 Å². The molecule has 1 N–H and O–H groups in total. The maximum absolute atomic E-state index is 12.8. The van der Waals surface area contributed by atoms with Crippen molar-refractivity contribution in [1.29, 1.82) is 0 Å². The maximum atomic E-state index is 12.8. The minimum absolute atomic E-state index is 0.192. The third-order valence-electron chi connectivity index (χ3n) is 3.76. The summed E-state index contributed by atoms with van der Waals surface area (Å²) in [5.41, 5.74) is 0.682. The van der Waals surface area contributed by atoms with E-state index < -0.39 is 10.0 Å². The predicted octanol–water partition coefficient (Wildman–Crippen LogP) is 1.82. The lowest BCUT2D eigenvalue weighted by Gasteiger charge is -2.32. The predicted molar refractivity (Wildman–Crippen MR) is 81.3 cm³/mol. The van der Waals surface area contributed by atoms with Crippen LogP contribution in [0.15, 0.2) is 29.2 Å². The second kappa shape index (κ2) is 5.47. The van der Waals surface area contributed by atoms with Crippen LogP contribution < -0.4 is 5.32 Å². The van der Waals surface area contributed by atoms with Crippen molar-refractivity contribution in [1.82, 2.24) is 9.62 Å². The van der Waals surface area contributed by atoms with Gasteiger partial charge >= 0.3 is 0 Å². The van der Waals surface area contributed by atoms with E-state index in [1.807, 2.05) is 32.9 Å². The summed E-state index contributed by atoms with van der Waals surface area (Å²) < 4.78 is 27.1. The van der Waals surface area contributed by atoms with Crippen LogP contribution in [0.4, 0.5) is 0 Å².